The first kappa shape index (κ1) is 11.0. The van der Waals surface area contributed by atoms with E-state index in [4.69, 9.17) is 16.7 Å². The van der Waals surface area contributed by atoms with E-state index in [0.717, 1.165) is 22.6 Å². The fraction of sp³-hybridized carbons (Fsp3) is 0.750. The van der Waals surface area contributed by atoms with Gasteiger partial charge in [-0.05, 0) is 13.0 Å². The Balaban J connectivity index is 3.81. The van der Waals surface area contributed by atoms with E-state index in [1.807, 2.05) is 13.0 Å². The summed E-state index contributed by atoms with van der Waals surface area (Å²) in [5.74, 6) is 0. The predicted molar refractivity (Wildman–Crippen MR) is 48.5 cm³/mol. The summed E-state index contributed by atoms with van der Waals surface area (Å²) in [4.78, 5) is 0. The van der Waals surface area contributed by atoms with Crippen LogP contribution in [0, 0.1) is 0 Å². The van der Waals surface area contributed by atoms with Gasteiger partial charge in [-0.3, -0.25) is 0 Å². The average molecular weight is 179 g/mol. The maximum atomic E-state index is 8.70. The summed E-state index contributed by atoms with van der Waals surface area (Å²) in [7, 11) is 4.12. The Morgan fingerprint density at radius 3 is 2.45 bits per heavy atom. The zero-order valence-corrected chi connectivity index (χ0v) is 8.23. The third kappa shape index (κ3) is 6.35. The van der Waals surface area contributed by atoms with Gasteiger partial charge < -0.3 is 9.59 Å². The molecule has 0 aliphatic carbocycles. The van der Waals surface area contributed by atoms with E-state index >= 15 is 0 Å². The van der Waals surface area contributed by atoms with E-state index in [0.29, 0.717) is 0 Å². The normalized spacial score (nSPS) is 13.7. The van der Waals surface area contributed by atoms with Gasteiger partial charge in [-0.15, -0.1) is 0 Å². The molecule has 1 N–H and O–H groups in total. The summed E-state index contributed by atoms with van der Waals surface area (Å²) in [6.45, 7) is 3.72. The SMILES string of the molecule is CC(Cl)=CC[N+](C)(C)CCO. The smallest absolute Gasteiger partial charge is 0.102 e. The fourth-order valence-electron chi connectivity index (χ4n) is 0.735. The van der Waals surface area contributed by atoms with Crippen molar-refractivity contribution in [2.75, 3.05) is 33.8 Å². The molecule has 0 aliphatic rings. The Morgan fingerprint density at radius 1 is 1.55 bits per heavy atom. The van der Waals surface area contributed by atoms with Crippen LogP contribution in [0.25, 0.3) is 0 Å². The second-order valence-corrected chi connectivity index (χ2v) is 3.95. The van der Waals surface area contributed by atoms with E-state index in [-0.39, 0.29) is 6.61 Å². The van der Waals surface area contributed by atoms with Crippen LogP contribution >= 0.6 is 11.6 Å². The highest BCUT2D eigenvalue weighted by Gasteiger charge is 2.10. The lowest BCUT2D eigenvalue weighted by Crippen LogP contribution is -2.41. The van der Waals surface area contributed by atoms with Crippen molar-refractivity contribution in [2.24, 2.45) is 0 Å². The number of hydrogen-bond donors (Lipinski definition) is 1. The minimum absolute atomic E-state index is 0.224. The summed E-state index contributed by atoms with van der Waals surface area (Å²) >= 11 is 5.67. The number of hydrogen-bond acceptors (Lipinski definition) is 1. The van der Waals surface area contributed by atoms with Gasteiger partial charge in [0.1, 0.15) is 6.54 Å². The molecule has 0 fully saturated rings. The Bertz CT molecular complexity index is 139. The van der Waals surface area contributed by atoms with Gasteiger partial charge in [0.25, 0.3) is 0 Å². The largest absolute Gasteiger partial charge is 0.391 e. The first-order valence-electron chi connectivity index (χ1n) is 3.73. The first-order valence-corrected chi connectivity index (χ1v) is 4.11. The molecule has 0 aromatic heterocycles. The molecule has 0 unspecified atom stereocenters. The van der Waals surface area contributed by atoms with E-state index in [1.165, 1.54) is 0 Å². The van der Waals surface area contributed by atoms with Gasteiger partial charge in [-0.2, -0.15) is 0 Å². The average Bonchev–Trinajstić information content (AvgIpc) is 1.84. The molecular weight excluding hydrogens is 162 g/mol. The van der Waals surface area contributed by atoms with Crippen molar-refractivity contribution in [3.63, 3.8) is 0 Å². The number of quaternary nitrogens is 1. The molecule has 0 heterocycles. The number of aliphatic hydroxyl groups is 1. The highest BCUT2D eigenvalue weighted by atomic mass is 35.5. The molecule has 0 saturated heterocycles. The standard InChI is InChI=1S/C8H17ClNO/c1-8(9)4-5-10(2,3)6-7-11/h4,11H,5-7H2,1-3H3/q+1. The maximum absolute atomic E-state index is 8.70. The molecule has 0 atom stereocenters. The van der Waals surface area contributed by atoms with Gasteiger partial charge in [0.2, 0.25) is 0 Å². The summed E-state index contributed by atoms with van der Waals surface area (Å²) < 4.78 is 0.778. The van der Waals surface area contributed by atoms with Gasteiger partial charge in [0.15, 0.2) is 0 Å². The van der Waals surface area contributed by atoms with E-state index in [1.54, 1.807) is 0 Å². The molecule has 0 radical (unpaired) electrons. The zero-order valence-electron chi connectivity index (χ0n) is 7.47. The minimum atomic E-state index is 0.224. The molecule has 0 saturated carbocycles. The molecular formula is C8H17ClNO+. The molecule has 0 aromatic rings. The number of nitrogens with zero attached hydrogens (tertiary/aromatic N) is 1. The van der Waals surface area contributed by atoms with Crippen LogP contribution in [0.3, 0.4) is 0 Å². The lowest BCUT2D eigenvalue weighted by molar-refractivity contribution is -0.884. The van der Waals surface area contributed by atoms with Crippen molar-refractivity contribution in [3.05, 3.63) is 11.1 Å². The number of aliphatic hydroxyl groups excluding tert-OH is 1. The van der Waals surface area contributed by atoms with E-state index in [2.05, 4.69) is 14.1 Å². The van der Waals surface area contributed by atoms with Crippen molar-refractivity contribution >= 4 is 11.6 Å². The zero-order chi connectivity index (χ0) is 8.91. The van der Waals surface area contributed by atoms with Crippen molar-refractivity contribution in [3.8, 4) is 0 Å². The molecule has 0 spiro atoms. The van der Waals surface area contributed by atoms with Crippen LogP contribution in [0.5, 0.6) is 0 Å². The number of halogens is 1. The van der Waals surface area contributed by atoms with Crippen LogP contribution in [0.1, 0.15) is 6.92 Å². The summed E-state index contributed by atoms with van der Waals surface area (Å²) in [6, 6.07) is 0. The number of rotatable bonds is 4. The topological polar surface area (TPSA) is 20.2 Å². The predicted octanol–water partition coefficient (Wildman–Crippen LogP) is 1.20. The molecule has 0 rings (SSSR count). The van der Waals surface area contributed by atoms with Crippen molar-refractivity contribution in [1.29, 1.82) is 0 Å². The Labute approximate surface area is 73.7 Å². The second-order valence-electron chi connectivity index (χ2n) is 3.36. The van der Waals surface area contributed by atoms with Gasteiger partial charge >= 0.3 is 0 Å². The molecule has 0 amide bonds. The quantitative estimate of drug-likeness (QED) is 0.642. The monoisotopic (exact) mass is 178 g/mol. The maximum Gasteiger partial charge on any atom is 0.102 e. The van der Waals surface area contributed by atoms with Crippen LogP contribution in [-0.2, 0) is 0 Å². The van der Waals surface area contributed by atoms with Gasteiger partial charge in [0, 0.05) is 5.03 Å². The Kier molecular flexibility index (Phi) is 4.73. The molecule has 0 aliphatic heterocycles. The summed E-state index contributed by atoms with van der Waals surface area (Å²) in [5, 5.41) is 9.51. The fourth-order valence-corrected chi connectivity index (χ4v) is 0.804. The number of likely N-dealkylation sites (N-methyl/N-ethyl adjacent to an activating group) is 1. The minimum Gasteiger partial charge on any atom is -0.391 e. The number of allylic oxidation sites excluding steroid dienone is 1. The van der Waals surface area contributed by atoms with Gasteiger partial charge in [-0.1, -0.05) is 11.6 Å². The van der Waals surface area contributed by atoms with Crippen LogP contribution in [0.15, 0.2) is 11.1 Å². The molecule has 0 bridgehead atoms. The summed E-state index contributed by atoms with van der Waals surface area (Å²) in [6.07, 6.45) is 1.97. The van der Waals surface area contributed by atoms with Crippen molar-refractivity contribution in [1.82, 2.24) is 0 Å². The lowest BCUT2D eigenvalue weighted by Gasteiger charge is -2.27. The molecule has 0 aromatic carbocycles. The van der Waals surface area contributed by atoms with Gasteiger partial charge in [0.05, 0.1) is 27.2 Å². The highest BCUT2D eigenvalue weighted by Crippen LogP contribution is 2.02. The van der Waals surface area contributed by atoms with Crippen LogP contribution in [-0.4, -0.2) is 43.4 Å². The van der Waals surface area contributed by atoms with Crippen LogP contribution in [0.2, 0.25) is 0 Å². The molecule has 66 valence electrons. The Hall–Kier alpha value is -0.0500. The molecule has 11 heavy (non-hydrogen) atoms. The van der Waals surface area contributed by atoms with E-state index in [9.17, 15) is 0 Å². The van der Waals surface area contributed by atoms with Crippen LogP contribution in [0.4, 0.5) is 0 Å². The third-order valence-corrected chi connectivity index (χ3v) is 1.73. The molecule has 3 heteroatoms. The lowest BCUT2D eigenvalue weighted by atomic mass is 10.4. The molecule has 2 nitrogen and oxygen atoms in total. The first-order chi connectivity index (χ1) is 4.98. The van der Waals surface area contributed by atoms with E-state index < -0.39 is 0 Å². The Morgan fingerprint density at radius 2 is 2.09 bits per heavy atom. The van der Waals surface area contributed by atoms with Gasteiger partial charge in [-0.25, -0.2) is 0 Å². The summed E-state index contributed by atoms with van der Waals surface area (Å²) in [5.41, 5.74) is 0. The van der Waals surface area contributed by atoms with Crippen molar-refractivity contribution < 1.29 is 9.59 Å². The highest BCUT2D eigenvalue weighted by molar-refractivity contribution is 6.29. The third-order valence-electron chi connectivity index (χ3n) is 1.57. The van der Waals surface area contributed by atoms with Crippen molar-refractivity contribution in [2.45, 2.75) is 6.92 Å². The second kappa shape index (κ2) is 4.75. The van der Waals surface area contributed by atoms with Crippen LogP contribution < -0.4 is 0 Å².